The molecule has 7 heteroatoms. The molecule has 0 unspecified atom stereocenters. The maximum atomic E-state index is 11.3. The number of likely N-dealkylation sites (tertiary alicyclic amines) is 1. The summed E-state index contributed by atoms with van der Waals surface area (Å²) < 4.78 is 18.3. The predicted molar refractivity (Wildman–Crippen MR) is 126 cm³/mol. The Morgan fingerprint density at radius 3 is 2.52 bits per heavy atom. The van der Waals surface area contributed by atoms with Gasteiger partial charge in [0.15, 0.2) is 6.29 Å². The molecule has 4 atom stereocenters. The minimum absolute atomic E-state index is 0.0127. The molecular weight excluding hydrogens is 420 g/mol. The van der Waals surface area contributed by atoms with Crippen LogP contribution in [0.4, 0.5) is 5.69 Å². The second-order valence-electron chi connectivity index (χ2n) is 8.90. The van der Waals surface area contributed by atoms with Crippen LogP contribution in [-0.4, -0.2) is 54.9 Å². The number of ether oxygens (including phenoxy) is 3. The van der Waals surface area contributed by atoms with E-state index in [0.717, 1.165) is 54.9 Å². The van der Waals surface area contributed by atoms with Gasteiger partial charge < -0.3 is 24.6 Å². The summed E-state index contributed by atoms with van der Waals surface area (Å²) in [6, 6.07) is 16.0. The van der Waals surface area contributed by atoms with Crippen molar-refractivity contribution in [1.29, 1.82) is 0 Å². The number of aliphatic hydroxyl groups excluding tert-OH is 1. The number of benzene rings is 2. The highest BCUT2D eigenvalue weighted by Gasteiger charge is 2.35. The number of anilines is 1. The van der Waals surface area contributed by atoms with E-state index >= 15 is 0 Å². The molecule has 0 bridgehead atoms. The number of nitrogens with zero attached hydrogens (tertiary/aromatic N) is 1. The van der Waals surface area contributed by atoms with E-state index in [1.807, 2.05) is 48.5 Å². The smallest absolute Gasteiger partial charge is 0.221 e. The molecule has 33 heavy (non-hydrogen) atoms. The van der Waals surface area contributed by atoms with Crippen LogP contribution in [0.5, 0.6) is 0 Å². The van der Waals surface area contributed by atoms with Crippen LogP contribution in [0.3, 0.4) is 0 Å². The van der Waals surface area contributed by atoms with Crippen molar-refractivity contribution in [2.24, 2.45) is 0 Å². The number of rotatable bonds is 8. The first-order chi connectivity index (χ1) is 16.1. The van der Waals surface area contributed by atoms with E-state index in [9.17, 15) is 9.90 Å². The average Bonchev–Trinajstić information content (AvgIpc) is 3.26. The molecule has 2 fully saturated rings. The normalized spacial score (nSPS) is 25.8. The van der Waals surface area contributed by atoms with E-state index in [1.165, 1.54) is 13.3 Å². The van der Waals surface area contributed by atoms with Crippen molar-refractivity contribution in [3.8, 4) is 0 Å². The Bertz CT molecular complexity index is 902. The molecule has 4 rings (SSSR count). The number of nitrogens with one attached hydrogen (secondary N) is 1. The highest BCUT2D eigenvalue weighted by Crippen LogP contribution is 2.39. The molecule has 2 saturated heterocycles. The van der Waals surface area contributed by atoms with Crippen LogP contribution in [-0.2, 0) is 25.6 Å². The molecule has 0 aliphatic carbocycles. The molecule has 0 radical (unpaired) electrons. The second-order valence-corrected chi connectivity index (χ2v) is 8.90. The molecule has 7 nitrogen and oxygen atoms in total. The molecule has 2 aliphatic rings. The van der Waals surface area contributed by atoms with Crippen LogP contribution < -0.4 is 5.32 Å². The second kappa shape index (κ2) is 11.2. The largest absolute Gasteiger partial charge is 0.392 e. The summed E-state index contributed by atoms with van der Waals surface area (Å²) in [5, 5.41) is 12.2. The van der Waals surface area contributed by atoms with Crippen LogP contribution in [0.25, 0.3) is 0 Å². The summed E-state index contributed by atoms with van der Waals surface area (Å²) in [5.74, 6) is -0.101. The fraction of sp³-hybridized carbons (Fsp3) is 0.500. The van der Waals surface area contributed by atoms with Crippen molar-refractivity contribution in [3.63, 3.8) is 0 Å². The lowest BCUT2D eigenvalue weighted by Crippen LogP contribution is -2.42. The Morgan fingerprint density at radius 1 is 1.12 bits per heavy atom. The SMILES string of the molecule is COC[C@@H]1CCCN1C[C@@H]1C[C@H](c2ccc(CO)cc2)O[C@H](c2ccc(NC(C)=O)cc2)O1. The number of hydrogen-bond donors (Lipinski definition) is 2. The van der Waals surface area contributed by atoms with Crippen molar-refractivity contribution in [2.45, 2.75) is 57.3 Å². The zero-order chi connectivity index (χ0) is 23.2. The summed E-state index contributed by atoms with van der Waals surface area (Å²) in [7, 11) is 1.76. The Kier molecular flexibility index (Phi) is 8.11. The third-order valence-corrected chi connectivity index (χ3v) is 6.41. The number of aliphatic hydroxyl groups is 1. The summed E-state index contributed by atoms with van der Waals surface area (Å²) in [5.41, 5.74) is 3.62. The van der Waals surface area contributed by atoms with E-state index in [-0.39, 0.29) is 24.7 Å². The molecule has 178 valence electrons. The minimum atomic E-state index is -0.499. The van der Waals surface area contributed by atoms with Crippen LogP contribution in [0.2, 0.25) is 0 Å². The lowest BCUT2D eigenvalue weighted by Gasteiger charge is -2.38. The number of carbonyl (C=O) groups excluding carboxylic acids is 1. The summed E-state index contributed by atoms with van der Waals surface area (Å²) >= 11 is 0. The Morgan fingerprint density at radius 2 is 1.85 bits per heavy atom. The first-order valence-electron chi connectivity index (χ1n) is 11.7. The topological polar surface area (TPSA) is 80.3 Å². The highest BCUT2D eigenvalue weighted by molar-refractivity contribution is 5.88. The fourth-order valence-corrected chi connectivity index (χ4v) is 4.74. The summed E-state index contributed by atoms with van der Waals surface area (Å²) in [6.45, 7) is 4.15. The fourth-order valence-electron chi connectivity index (χ4n) is 4.74. The van der Waals surface area contributed by atoms with Crippen LogP contribution in [0.15, 0.2) is 48.5 Å². The minimum Gasteiger partial charge on any atom is -0.392 e. The molecule has 2 heterocycles. The third kappa shape index (κ3) is 6.19. The van der Waals surface area contributed by atoms with Gasteiger partial charge in [-0.2, -0.15) is 0 Å². The monoisotopic (exact) mass is 454 g/mol. The highest BCUT2D eigenvalue weighted by atomic mass is 16.7. The first-order valence-corrected chi connectivity index (χ1v) is 11.7. The molecule has 0 saturated carbocycles. The predicted octanol–water partition coefficient (Wildman–Crippen LogP) is 3.79. The molecule has 0 aromatic heterocycles. The van der Waals surface area contributed by atoms with E-state index in [0.29, 0.717) is 6.04 Å². The molecule has 2 aliphatic heterocycles. The van der Waals surface area contributed by atoms with Gasteiger partial charge in [0.25, 0.3) is 0 Å². The van der Waals surface area contributed by atoms with Gasteiger partial charge >= 0.3 is 0 Å². The Balaban J connectivity index is 1.53. The van der Waals surface area contributed by atoms with E-state index in [1.54, 1.807) is 7.11 Å². The van der Waals surface area contributed by atoms with Crippen molar-refractivity contribution in [3.05, 3.63) is 65.2 Å². The van der Waals surface area contributed by atoms with Gasteiger partial charge in [0.1, 0.15) is 0 Å². The van der Waals surface area contributed by atoms with Crippen molar-refractivity contribution in [1.82, 2.24) is 4.90 Å². The molecular formula is C26H34N2O5. The molecule has 1 amide bonds. The van der Waals surface area contributed by atoms with Gasteiger partial charge in [-0.3, -0.25) is 9.69 Å². The third-order valence-electron chi connectivity index (χ3n) is 6.41. The standard InChI is InChI=1S/C26H34N2O5/c1-18(30)27-22-11-9-21(10-12-22)26-32-24(15-28-13-3-4-23(28)17-31-2)14-25(33-26)20-7-5-19(16-29)6-8-20/h5-12,23-26,29H,3-4,13-17H2,1-2H3,(H,27,30)/t23-,24-,25+,26+/m0/s1. The first kappa shape index (κ1) is 23.9. The summed E-state index contributed by atoms with van der Waals surface area (Å²) in [4.78, 5) is 13.8. The van der Waals surface area contributed by atoms with E-state index in [2.05, 4.69) is 10.2 Å². The molecule has 0 spiro atoms. The number of methoxy groups -OCH3 is 1. The van der Waals surface area contributed by atoms with Crippen molar-refractivity contribution in [2.75, 3.05) is 32.1 Å². The van der Waals surface area contributed by atoms with Gasteiger partial charge in [0.2, 0.25) is 5.91 Å². The zero-order valence-corrected chi connectivity index (χ0v) is 19.4. The Hall–Kier alpha value is -2.29. The van der Waals surface area contributed by atoms with Gasteiger partial charge in [-0.25, -0.2) is 0 Å². The number of amides is 1. The molecule has 2 aromatic carbocycles. The van der Waals surface area contributed by atoms with Crippen LogP contribution in [0.1, 0.15) is 55.3 Å². The van der Waals surface area contributed by atoms with Crippen LogP contribution >= 0.6 is 0 Å². The maximum absolute atomic E-state index is 11.3. The molecule has 2 aromatic rings. The van der Waals surface area contributed by atoms with Crippen molar-refractivity contribution < 1.29 is 24.1 Å². The lowest BCUT2D eigenvalue weighted by molar-refractivity contribution is -0.253. The zero-order valence-electron chi connectivity index (χ0n) is 19.4. The summed E-state index contributed by atoms with van der Waals surface area (Å²) in [6.07, 6.45) is 2.49. The lowest BCUT2D eigenvalue weighted by atomic mass is 9.99. The van der Waals surface area contributed by atoms with Gasteiger partial charge in [0.05, 0.1) is 25.4 Å². The van der Waals surface area contributed by atoms with E-state index in [4.69, 9.17) is 14.2 Å². The Labute approximate surface area is 195 Å². The molecule has 2 N–H and O–H groups in total. The van der Waals surface area contributed by atoms with Gasteiger partial charge in [-0.1, -0.05) is 36.4 Å². The average molecular weight is 455 g/mol. The number of hydrogen-bond acceptors (Lipinski definition) is 6. The van der Waals surface area contributed by atoms with Crippen molar-refractivity contribution >= 4 is 11.6 Å². The van der Waals surface area contributed by atoms with Gasteiger partial charge in [-0.15, -0.1) is 0 Å². The van der Waals surface area contributed by atoms with Crippen LogP contribution in [0, 0.1) is 0 Å². The quantitative estimate of drug-likeness (QED) is 0.632. The van der Waals surface area contributed by atoms with E-state index < -0.39 is 6.29 Å². The van der Waals surface area contributed by atoms with Gasteiger partial charge in [0, 0.05) is 44.3 Å². The number of carbonyl (C=O) groups is 1. The van der Waals surface area contributed by atoms with Gasteiger partial charge in [-0.05, 0) is 42.6 Å². The maximum Gasteiger partial charge on any atom is 0.221 e.